The zero-order valence-electron chi connectivity index (χ0n) is 20.5. The second-order valence-electron chi connectivity index (χ2n) is 8.42. The van der Waals surface area contributed by atoms with Crippen molar-refractivity contribution < 1.29 is 19.2 Å². The van der Waals surface area contributed by atoms with E-state index in [-0.39, 0.29) is 40.5 Å². The number of benzene rings is 2. The van der Waals surface area contributed by atoms with Crippen LogP contribution in [0.3, 0.4) is 0 Å². The molecule has 0 unspecified atom stereocenters. The summed E-state index contributed by atoms with van der Waals surface area (Å²) in [6.45, 7) is 1.57. The third-order valence-electron chi connectivity index (χ3n) is 5.86. The number of fused-ring (bicyclic) bond motifs is 1. The molecule has 2 N–H and O–H groups in total. The SMILES string of the molecule is CCOC(=O)Cn1c(=O)c(=O)[nH]c2cc([N+](=O)[O-])c(-n3ccc(C(=O)NCCCc4ccccc4)c3)cc21. The minimum atomic E-state index is -1.03. The molecule has 12 heteroatoms. The van der Waals surface area contributed by atoms with Gasteiger partial charge in [0.25, 0.3) is 11.6 Å². The van der Waals surface area contributed by atoms with E-state index in [2.05, 4.69) is 10.3 Å². The van der Waals surface area contributed by atoms with Gasteiger partial charge in [-0.2, -0.15) is 0 Å². The molecule has 0 spiro atoms. The highest BCUT2D eigenvalue weighted by Crippen LogP contribution is 2.28. The van der Waals surface area contributed by atoms with E-state index in [1.165, 1.54) is 34.7 Å². The van der Waals surface area contributed by atoms with E-state index in [4.69, 9.17) is 4.74 Å². The number of hydrogen-bond donors (Lipinski definition) is 2. The summed E-state index contributed by atoms with van der Waals surface area (Å²) >= 11 is 0. The second kappa shape index (κ2) is 11.4. The van der Waals surface area contributed by atoms with E-state index < -0.39 is 28.6 Å². The molecule has 38 heavy (non-hydrogen) atoms. The fourth-order valence-electron chi connectivity index (χ4n) is 4.06. The number of aromatic amines is 1. The Labute approximate surface area is 215 Å². The number of carbonyl (C=O) groups excluding carboxylic acids is 2. The monoisotopic (exact) mass is 519 g/mol. The van der Waals surface area contributed by atoms with Crippen LogP contribution >= 0.6 is 0 Å². The largest absolute Gasteiger partial charge is 0.465 e. The Bertz CT molecular complexity index is 1620. The minimum absolute atomic E-state index is 0.00196. The Balaban J connectivity index is 1.63. The van der Waals surface area contributed by atoms with Gasteiger partial charge in [0, 0.05) is 25.0 Å². The molecule has 0 aliphatic rings. The zero-order valence-corrected chi connectivity index (χ0v) is 20.5. The van der Waals surface area contributed by atoms with Gasteiger partial charge in [-0.05, 0) is 37.5 Å². The van der Waals surface area contributed by atoms with Crippen LogP contribution in [-0.4, -0.2) is 44.1 Å². The van der Waals surface area contributed by atoms with Crippen molar-refractivity contribution in [1.29, 1.82) is 0 Å². The number of nitrogens with zero attached hydrogens (tertiary/aromatic N) is 3. The Morgan fingerprint density at radius 2 is 1.89 bits per heavy atom. The highest BCUT2D eigenvalue weighted by Gasteiger charge is 2.22. The van der Waals surface area contributed by atoms with Gasteiger partial charge in [-0.3, -0.25) is 33.9 Å². The number of nitro benzene ring substituents is 1. The van der Waals surface area contributed by atoms with Crippen molar-refractivity contribution in [1.82, 2.24) is 19.4 Å². The van der Waals surface area contributed by atoms with Gasteiger partial charge in [0.1, 0.15) is 12.2 Å². The first kappa shape index (κ1) is 26.1. The molecule has 2 aromatic carbocycles. The molecule has 0 saturated carbocycles. The van der Waals surface area contributed by atoms with Gasteiger partial charge in [-0.25, -0.2) is 0 Å². The summed E-state index contributed by atoms with van der Waals surface area (Å²) in [7, 11) is 0. The van der Waals surface area contributed by atoms with Crippen molar-refractivity contribution >= 4 is 28.6 Å². The van der Waals surface area contributed by atoms with Gasteiger partial charge in [-0.1, -0.05) is 30.3 Å². The number of nitro groups is 1. The van der Waals surface area contributed by atoms with Crippen molar-refractivity contribution in [3.8, 4) is 5.69 Å². The number of rotatable bonds is 10. The summed E-state index contributed by atoms with van der Waals surface area (Å²) in [6, 6.07) is 13.8. The average molecular weight is 520 g/mol. The molecule has 0 fully saturated rings. The normalized spacial score (nSPS) is 10.9. The molecule has 0 atom stereocenters. The summed E-state index contributed by atoms with van der Waals surface area (Å²) in [5.41, 5.74) is -0.843. The van der Waals surface area contributed by atoms with E-state index in [1.807, 2.05) is 30.3 Å². The fraction of sp³-hybridized carbons (Fsp3) is 0.231. The number of amides is 1. The summed E-state index contributed by atoms with van der Waals surface area (Å²) in [4.78, 5) is 62.9. The maximum atomic E-state index is 12.7. The van der Waals surface area contributed by atoms with Crippen LogP contribution in [0.4, 0.5) is 5.69 Å². The fourth-order valence-corrected chi connectivity index (χ4v) is 4.06. The van der Waals surface area contributed by atoms with Crippen LogP contribution in [0.25, 0.3) is 16.7 Å². The lowest BCUT2D eigenvalue weighted by Crippen LogP contribution is -2.38. The summed E-state index contributed by atoms with van der Waals surface area (Å²) < 4.78 is 7.17. The number of ether oxygens (including phenoxy) is 1. The molecule has 0 radical (unpaired) electrons. The Kier molecular flexibility index (Phi) is 7.80. The molecular weight excluding hydrogens is 494 g/mol. The summed E-state index contributed by atoms with van der Waals surface area (Å²) in [5, 5.41) is 14.7. The van der Waals surface area contributed by atoms with Crippen LogP contribution in [0.15, 0.2) is 70.5 Å². The van der Waals surface area contributed by atoms with Crippen LogP contribution < -0.4 is 16.4 Å². The highest BCUT2D eigenvalue weighted by molar-refractivity contribution is 5.94. The second-order valence-corrected chi connectivity index (χ2v) is 8.42. The number of H-pyrrole nitrogens is 1. The Morgan fingerprint density at radius 1 is 1.13 bits per heavy atom. The first-order chi connectivity index (χ1) is 18.3. The first-order valence-corrected chi connectivity index (χ1v) is 11.9. The molecule has 0 aliphatic carbocycles. The lowest BCUT2D eigenvalue weighted by atomic mass is 10.1. The van der Waals surface area contributed by atoms with Crippen molar-refractivity contribution in [3.05, 3.63) is 103 Å². The Morgan fingerprint density at radius 3 is 2.61 bits per heavy atom. The number of esters is 1. The highest BCUT2D eigenvalue weighted by atomic mass is 16.6. The van der Waals surface area contributed by atoms with Gasteiger partial charge >= 0.3 is 17.1 Å². The van der Waals surface area contributed by atoms with Crippen molar-refractivity contribution in [2.45, 2.75) is 26.3 Å². The number of aryl methyl sites for hydroxylation is 1. The zero-order chi connectivity index (χ0) is 27.2. The number of aromatic nitrogens is 3. The molecule has 196 valence electrons. The quantitative estimate of drug-likeness (QED) is 0.107. The van der Waals surface area contributed by atoms with Crippen LogP contribution in [0.2, 0.25) is 0 Å². The van der Waals surface area contributed by atoms with Crippen LogP contribution in [0.1, 0.15) is 29.3 Å². The molecule has 0 aliphatic heterocycles. The first-order valence-electron chi connectivity index (χ1n) is 11.9. The van der Waals surface area contributed by atoms with E-state index in [0.717, 1.165) is 23.5 Å². The predicted octanol–water partition coefficient (Wildman–Crippen LogP) is 2.31. The standard InChI is InChI=1S/C26H25N5O7/c1-2-38-23(32)16-30-20-14-21(22(31(36)37)13-19(20)28-25(34)26(30)35)29-12-10-18(15-29)24(33)27-11-6-9-17-7-4-3-5-8-17/h3-5,7-8,10,12-15H,2,6,9,11,16H2,1H3,(H,27,33)(H,28,34). The van der Waals surface area contributed by atoms with E-state index in [0.29, 0.717) is 6.54 Å². The third kappa shape index (κ3) is 5.69. The van der Waals surface area contributed by atoms with Crippen molar-refractivity contribution in [2.24, 2.45) is 0 Å². The summed E-state index contributed by atoms with van der Waals surface area (Å²) in [6.07, 6.45) is 4.45. The van der Waals surface area contributed by atoms with Crippen LogP contribution in [0, 0.1) is 10.1 Å². The van der Waals surface area contributed by atoms with E-state index >= 15 is 0 Å². The molecule has 2 aromatic heterocycles. The van der Waals surface area contributed by atoms with E-state index in [1.54, 1.807) is 6.92 Å². The molecule has 4 aromatic rings. The minimum Gasteiger partial charge on any atom is -0.465 e. The van der Waals surface area contributed by atoms with E-state index in [9.17, 15) is 29.3 Å². The molecule has 4 rings (SSSR count). The molecular formula is C26H25N5O7. The van der Waals surface area contributed by atoms with Gasteiger partial charge < -0.3 is 19.6 Å². The molecule has 0 saturated heterocycles. The predicted molar refractivity (Wildman–Crippen MR) is 139 cm³/mol. The van der Waals surface area contributed by atoms with Crippen molar-refractivity contribution in [3.63, 3.8) is 0 Å². The lowest BCUT2D eigenvalue weighted by Gasteiger charge is -2.12. The van der Waals surface area contributed by atoms with Crippen LogP contribution in [0.5, 0.6) is 0 Å². The smallest absolute Gasteiger partial charge is 0.326 e. The molecule has 2 heterocycles. The van der Waals surface area contributed by atoms with Gasteiger partial charge in [0.15, 0.2) is 0 Å². The Hall–Kier alpha value is -5.00. The van der Waals surface area contributed by atoms with Gasteiger partial charge in [0.05, 0.1) is 28.1 Å². The van der Waals surface area contributed by atoms with Crippen LogP contribution in [-0.2, 0) is 22.5 Å². The topological polar surface area (TPSA) is 158 Å². The van der Waals surface area contributed by atoms with Gasteiger partial charge in [-0.15, -0.1) is 0 Å². The van der Waals surface area contributed by atoms with Crippen molar-refractivity contribution in [2.75, 3.05) is 13.2 Å². The average Bonchev–Trinajstić information content (AvgIpc) is 3.40. The molecule has 1 amide bonds. The number of carbonyl (C=O) groups is 2. The maximum Gasteiger partial charge on any atom is 0.326 e. The molecule has 12 nitrogen and oxygen atoms in total. The number of nitrogens with one attached hydrogen (secondary N) is 2. The number of hydrogen-bond acceptors (Lipinski definition) is 7. The summed E-state index contributed by atoms with van der Waals surface area (Å²) in [5.74, 6) is -1.09. The maximum absolute atomic E-state index is 12.7. The lowest BCUT2D eigenvalue weighted by molar-refractivity contribution is -0.384. The van der Waals surface area contributed by atoms with Gasteiger partial charge in [0.2, 0.25) is 0 Å². The molecule has 0 bridgehead atoms. The third-order valence-corrected chi connectivity index (χ3v) is 5.86.